The Bertz CT molecular complexity index is 196. The summed E-state index contributed by atoms with van der Waals surface area (Å²) in [6.45, 7) is -0.251. The van der Waals surface area contributed by atoms with Crippen LogP contribution in [0.15, 0.2) is 0 Å². The van der Waals surface area contributed by atoms with Crippen molar-refractivity contribution in [1.29, 1.82) is 0 Å². The number of alkyl halides is 3. The number of hydrogen-bond donors (Lipinski definition) is 2. The minimum atomic E-state index is -4.42. The van der Waals surface area contributed by atoms with E-state index in [0.717, 1.165) is 0 Å². The topological polar surface area (TPSA) is 58.6 Å². The number of aliphatic hydroxyl groups is 1. The maximum Gasteiger partial charge on any atom is 0.411 e. The Morgan fingerprint density at radius 2 is 2.13 bits per heavy atom. The van der Waals surface area contributed by atoms with E-state index in [-0.39, 0.29) is 19.1 Å². The summed E-state index contributed by atoms with van der Waals surface area (Å²) >= 11 is 0. The molecule has 0 aromatic carbocycles. The number of carbonyl (C=O) groups excluding carboxylic acids is 1. The minimum Gasteiger partial charge on any atom is -0.396 e. The van der Waals surface area contributed by atoms with Gasteiger partial charge in [-0.25, -0.2) is 0 Å². The van der Waals surface area contributed by atoms with E-state index in [0.29, 0.717) is 0 Å². The molecule has 2 N–H and O–H groups in total. The Kier molecular flexibility index (Phi) is 6.26. The summed E-state index contributed by atoms with van der Waals surface area (Å²) in [5.74, 6) is -0.754. The average Bonchev–Trinajstić information content (AvgIpc) is 2.12. The van der Waals surface area contributed by atoms with Gasteiger partial charge in [0.1, 0.15) is 13.2 Å². The first-order valence-corrected chi connectivity index (χ1v) is 4.37. The molecular weight excluding hydrogens is 215 g/mol. The zero-order chi connectivity index (χ0) is 11.9. The Morgan fingerprint density at radius 1 is 1.53 bits per heavy atom. The van der Waals surface area contributed by atoms with Crippen molar-refractivity contribution in [2.75, 3.05) is 26.4 Å². The van der Waals surface area contributed by atoms with E-state index in [1.807, 2.05) is 0 Å². The highest BCUT2D eigenvalue weighted by Gasteiger charge is 2.27. The van der Waals surface area contributed by atoms with Gasteiger partial charge in [0.15, 0.2) is 0 Å². The fourth-order valence-corrected chi connectivity index (χ4v) is 0.663. The predicted octanol–water partition coefficient (Wildman–Crippen LogP) is 0.310. The quantitative estimate of drug-likeness (QED) is 0.689. The first kappa shape index (κ1) is 14.2. The third-order valence-electron chi connectivity index (χ3n) is 1.46. The van der Waals surface area contributed by atoms with Gasteiger partial charge in [-0.2, -0.15) is 13.2 Å². The molecule has 15 heavy (non-hydrogen) atoms. The van der Waals surface area contributed by atoms with Gasteiger partial charge < -0.3 is 15.2 Å². The number of ether oxygens (including phenoxy) is 1. The van der Waals surface area contributed by atoms with Crippen LogP contribution in [-0.2, 0) is 9.53 Å². The average molecular weight is 229 g/mol. The van der Waals surface area contributed by atoms with E-state index < -0.39 is 25.3 Å². The van der Waals surface area contributed by atoms with Crippen molar-refractivity contribution >= 4 is 5.91 Å². The first-order valence-electron chi connectivity index (χ1n) is 4.37. The number of carbonyl (C=O) groups is 1. The molecule has 4 nitrogen and oxygen atoms in total. The summed E-state index contributed by atoms with van der Waals surface area (Å²) in [6, 6.07) is 0. The van der Waals surface area contributed by atoms with Gasteiger partial charge in [0.25, 0.3) is 0 Å². The lowest BCUT2D eigenvalue weighted by atomic mass is 10.2. The summed E-state index contributed by atoms with van der Waals surface area (Å²) in [7, 11) is 0. The molecular formula is C8H14F3NO3. The lowest BCUT2D eigenvalue weighted by Crippen LogP contribution is -2.33. The van der Waals surface area contributed by atoms with Crippen LogP contribution in [0.25, 0.3) is 0 Å². The van der Waals surface area contributed by atoms with Gasteiger partial charge in [-0.15, -0.1) is 0 Å². The lowest BCUT2D eigenvalue weighted by molar-refractivity contribution is -0.175. The molecule has 1 unspecified atom stereocenters. The molecule has 0 bridgehead atoms. The van der Waals surface area contributed by atoms with Gasteiger partial charge in [0.2, 0.25) is 5.91 Å². The van der Waals surface area contributed by atoms with Crippen LogP contribution in [0.3, 0.4) is 0 Å². The molecule has 0 spiro atoms. The van der Waals surface area contributed by atoms with Crippen molar-refractivity contribution in [3.63, 3.8) is 0 Å². The zero-order valence-corrected chi connectivity index (χ0v) is 8.30. The molecule has 90 valence electrons. The SMILES string of the molecule is CC(CO)CNC(=O)COCC(F)(F)F. The monoisotopic (exact) mass is 229 g/mol. The Morgan fingerprint density at radius 3 is 2.60 bits per heavy atom. The molecule has 0 aromatic heterocycles. The van der Waals surface area contributed by atoms with Crippen LogP contribution in [-0.4, -0.2) is 43.6 Å². The van der Waals surface area contributed by atoms with Crippen molar-refractivity contribution in [3.8, 4) is 0 Å². The molecule has 0 aliphatic rings. The molecule has 0 aliphatic carbocycles. The normalized spacial score (nSPS) is 13.7. The molecule has 0 saturated heterocycles. The van der Waals surface area contributed by atoms with Crippen LogP contribution in [0.1, 0.15) is 6.92 Å². The minimum absolute atomic E-state index is 0.0936. The number of rotatable bonds is 6. The number of hydrogen-bond acceptors (Lipinski definition) is 3. The van der Waals surface area contributed by atoms with Crippen LogP contribution in [0.4, 0.5) is 13.2 Å². The predicted molar refractivity (Wildman–Crippen MR) is 46.1 cm³/mol. The smallest absolute Gasteiger partial charge is 0.396 e. The number of nitrogens with one attached hydrogen (secondary N) is 1. The van der Waals surface area contributed by atoms with Crippen LogP contribution in [0.5, 0.6) is 0 Å². The highest BCUT2D eigenvalue weighted by atomic mass is 19.4. The van der Waals surface area contributed by atoms with Crippen molar-refractivity contribution in [1.82, 2.24) is 5.32 Å². The third-order valence-corrected chi connectivity index (χ3v) is 1.46. The van der Waals surface area contributed by atoms with Crippen LogP contribution in [0.2, 0.25) is 0 Å². The fraction of sp³-hybridized carbons (Fsp3) is 0.875. The molecule has 0 rings (SSSR count). The van der Waals surface area contributed by atoms with E-state index in [4.69, 9.17) is 5.11 Å². The molecule has 1 amide bonds. The van der Waals surface area contributed by atoms with Gasteiger partial charge >= 0.3 is 6.18 Å². The largest absolute Gasteiger partial charge is 0.411 e. The first-order chi connectivity index (χ1) is 6.85. The van der Waals surface area contributed by atoms with E-state index in [2.05, 4.69) is 10.1 Å². The van der Waals surface area contributed by atoms with E-state index in [9.17, 15) is 18.0 Å². The summed E-state index contributed by atoms with van der Waals surface area (Å²) in [5.41, 5.74) is 0. The van der Waals surface area contributed by atoms with Crippen LogP contribution >= 0.6 is 0 Å². The molecule has 0 radical (unpaired) electrons. The van der Waals surface area contributed by atoms with Crippen molar-refractivity contribution in [2.24, 2.45) is 5.92 Å². The molecule has 0 saturated carbocycles. The molecule has 7 heteroatoms. The second-order valence-electron chi connectivity index (χ2n) is 3.20. The third kappa shape index (κ3) is 9.48. The summed E-state index contributed by atoms with van der Waals surface area (Å²) in [4.78, 5) is 10.9. The zero-order valence-electron chi connectivity index (χ0n) is 8.30. The maximum absolute atomic E-state index is 11.6. The van der Waals surface area contributed by atoms with E-state index in [1.54, 1.807) is 6.92 Å². The summed E-state index contributed by atoms with van der Waals surface area (Å²) in [6.07, 6.45) is -4.42. The van der Waals surface area contributed by atoms with Crippen molar-refractivity contribution in [3.05, 3.63) is 0 Å². The lowest BCUT2D eigenvalue weighted by Gasteiger charge is -2.10. The Balaban J connectivity index is 3.50. The van der Waals surface area contributed by atoms with Gasteiger partial charge in [0, 0.05) is 13.2 Å². The Labute approximate surface area is 85.4 Å². The second-order valence-corrected chi connectivity index (χ2v) is 3.20. The van der Waals surface area contributed by atoms with Gasteiger partial charge in [-0.1, -0.05) is 6.92 Å². The molecule has 0 fully saturated rings. The van der Waals surface area contributed by atoms with E-state index in [1.165, 1.54) is 0 Å². The van der Waals surface area contributed by atoms with Crippen LogP contribution < -0.4 is 5.32 Å². The number of halogens is 3. The molecule has 1 atom stereocenters. The molecule has 0 aromatic rings. The number of aliphatic hydroxyl groups excluding tert-OH is 1. The van der Waals surface area contributed by atoms with Crippen LogP contribution in [0, 0.1) is 5.92 Å². The Hall–Kier alpha value is -0.820. The van der Waals surface area contributed by atoms with Gasteiger partial charge in [-0.05, 0) is 5.92 Å². The maximum atomic E-state index is 11.6. The standard InChI is InChI=1S/C8H14F3NO3/c1-6(3-13)2-12-7(14)4-15-5-8(9,10)11/h6,13H,2-5H2,1H3,(H,12,14). The molecule has 0 heterocycles. The van der Waals surface area contributed by atoms with Crippen molar-refractivity contribution < 1.29 is 27.8 Å². The highest BCUT2D eigenvalue weighted by molar-refractivity contribution is 5.77. The van der Waals surface area contributed by atoms with Gasteiger partial charge in [0.05, 0.1) is 0 Å². The highest BCUT2D eigenvalue weighted by Crippen LogP contribution is 2.13. The van der Waals surface area contributed by atoms with Gasteiger partial charge in [-0.3, -0.25) is 4.79 Å². The summed E-state index contributed by atoms with van der Waals surface area (Å²) in [5, 5.41) is 10.9. The second kappa shape index (κ2) is 6.62. The fourth-order valence-electron chi connectivity index (χ4n) is 0.663. The number of amides is 1. The molecule has 0 aliphatic heterocycles. The van der Waals surface area contributed by atoms with Crippen molar-refractivity contribution in [2.45, 2.75) is 13.1 Å². The summed E-state index contributed by atoms with van der Waals surface area (Å²) < 4.78 is 38.9. The van der Waals surface area contributed by atoms with E-state index >= 15 is 0 Å².